The Kier molecular flexibility index (Phi) is 11.7. The fraction of sp³-hybridized carbons (Fsp3) is 0.355. The zero-order chi connectivity index (χ0) is 31.0. The molecule has 0 aliphatic rings. The van der Waals surface area contributed by atoms with Gasteiger partial charge in [-0.2, -0.15) is 0 Å². The van der Waals surface area contributed by atoms with E-state index in [1.54, 1.807) is 68.4 Å². The Labute approximate surface area is 258 Å². The Morgan fingerprint density at radius 1 is 0.952 bits per heavy atom. The summed E-state index contributed by atoms with van der Waals surface area (Å²) >= 11 is 12.3. The van der Waals surface area contributed by atoms with E-state index in [-0.39, 0.29) is 29.1 Å². The molecule has 2 amide bonds. The summed E-state index contributed by atoms with van der Waals surface area (Å²) in [6.07, 6.45) is 0.704. The second kappa shape index (κ2) is 14.8. The van der Waals surface area contributed by atoms with Crippen molar-refractivity contribution in [1.29, 1.82) is 0 Å². The highest BCUT2D eigenvalue weighted by Gasteiger charge is 2.34. The van der Waals surface area contributed by atoms with Crippen LogP contribution in [0.5, 0.6) is 5.75 Å². The first-order valence-corrected chi connectivity index (χ1v) is 15.9. The van der Waals surface area contributed by atoms with E-state index in [1.165, 1.54) is 17.0 Å². The maximum atomic E-state index is 14.1. The Bertz CT molecular complexity index is 1500. The van der Waals surface area contributed by atoms with Gasteiger partial charge in [0.1, 0.15) is 18.3 Å². The number of aryl methyl sites for hydroxylation is 1. The number of halogens is 2. The van der Waals surface area contributed by atoms with Crippen LogP contribution < -0.4 is 14.4 Å². The van der Waals surface area contributed by atoms with Crippen molar-refractivity contribution < 1.29 is 22.7 Å². The highest BCUT2D eigenvalue weighted by atomic mass is 35.5. The Morgan fingerprint density at radius 3 is 2.24 bits per heavy atom. The maximum absolute atomic E-state index is 14.1. The van der Waals surface area contributed by atoms with Crippen LogP contribution in [-0.2, 0) is 26.2 Å². The molecule has 0 spiro atoms. The van der Waals surface area contributed by atoms with E-state index in [0.29, 0.717) is 34.4 Å². The Hall–Kier alpha value is -3.27. The van der Waals surface area contributed by atoms with E-state index in [0.717, 1.165) is 9.87 Å². The summed E-state index contributed by atoms with van der Waals surface area (Å²) in [7, 11) is -4.23. The van der Waals surface area contributed by atoms with Crippen molar-refractivity contribution >= 4 is 50.7 Å². The first kappa shape index (κ1) is 33.2. The second-order valence-electron chi connectivity index (χ2n) is 9.99. The molecule has 0 radical (unpaired) electrons. The summed E-state index contributed by atoms with van der Waals surface area (Å²) in [5, 5.41) is 3.56. The van der Waals surface area contributed by atoms with Crippen molar-refractivity contribution in [2.24, 2.45) is 0 Å². The molecular formula is C31H37Cl2N3O5S. The van der Waals surface area contributed by atoms with E-state index in [1.807, 2.05) is 20.8 Å². The molecule has 0 saturated heterocycles. The SMILES string of the molecule is CCOc1ccccc1N(CC(=O)N(Cc1ccc(Cl)c(Cl)c1)[C@@H](C)C(=O)N[C@H](C)CC)S(=O)(=O)c1ccc(C)cc1. The summed E-state index contributed by atoms with van der Waals surface area (Å²) in [4.78, 5) is 28.7. The normalized spacial score (nSPS) is 12.7. The van der Waals surface area contributed by atoms with Gasteiger partial charge in [-0.3, -0.25) is 13.9 Å². The van der Waals surface area contributed by atoms with Gasteiger partial charge in [0.25, 0.3) is 10.0 Å². The van der Waals surface area contributed by atoms with Crippen LogP contribution in [0.4, 0.5) is 5.69 Å². The van der Waals surface area contributed by atoms with Crippen LogP contribution in [0, 0.1) is 6.92 Å². The number of benzene rings is 3. The summed E-state index contributed by atoms with van der Waals surface area (Å²) in [6, 6.07) is 16.9. The number of sulfonamides is 1. The molecule has 0 aliphatic heterocycles. The van der Waals surface area contributed by atoms with Crippen LogP contribution in [0.15, 0.2) is 71.6 Å². The van der Waals surface area contributed by atoms with Gasteiger partial charge in [0.2, 0.25) is 11.8 Å². The van der Waals surface area contributed by atoms with Gasteiger partial charge in [0.15, 0.2) is 0 Å². The topological polar surface area (TPSA) is 96.0 Å². The van der Waals surface area contributed by atoms with Crippen LogP contribution in [0.25, 0.3) is 0 Å². The minimum absolute atomic E-state index is 0.00363. The minimum Gasteiger partial charge on any atom is -0.492 e. The lowest BCUT2D eigenvalue weighted by molar-refractivity contribution is -0.139. The molecule has 11 heteroatoms. The molecule has 42 heavy (non-hydrogen) atoms. The number of carbonyl (C=O) groups is 2. The van der Waals surface area contributed by atoms with Crippen molar-refractivity contribution in [1.82, 2.24) is 10.2 Å². The van der Waals surface area contributed by atoms with Crippen LogP contribution >= 0.6 is 23.2 Å². The van der Waals surface area contributed by atoms with Crippen molar-refractivity contribution in [3.8, 4) is 5.75 Å². The molecular weight excluding hydrogens is 597 g/mol. The number of carbonyl (C=O) groups excluding carboxylic acids is 2. The van der Waals surface area contributed by atoms with Gasteiger partial charge in [0, 0.05) is 12.6 Å². The molecule has 3 rings (SSSR count). The van der Waals surface area contributed by atoms with Crippen molar-refractivity contribution in [3.63, 3.8) is 0 Å². The first-order valence-electron chi connectivity index (χ1n) is 13.7. The fourth-order valence-corrected chi connectivity index (χ4v) is 5.92. The third-order valence-electron chi connectivity index (χ3n) is 6.83. The van der Waals surface area contributed by atoms with Gasteiger partial charge in [-0.15, -0.1) is 0 Å². The average molecular weight is 635 g/mol. The molecule has 3 aromatic rings. The van der Waals surface area contributed by atoms with Crippen molar-refractivity contribution in [2.75, 3.05) is 17.5 Å². The van der Waals surface area contributed by atoms with Gasteiger partial charge >= 0.3 is 0 Å². The van der Waals surface area contributed by atoms with Gasteiger partial charge in [0.05, 0.1) is 27.2 Å². The molecule has 0 fully saturated rings. The third kappa shape index (κ3) is 8.18. The highest BCUT2D eigenvalue weighted by Crippen LogP contribution is 2.33. The standard InChI is InChI=1S/C31H37Cl2N3O5S/c1-6-22(4)34-31(38)23(5)35(19-24-14-17-26(32)27(33)18-24)30(37)20-36(28-10-8-9-11-29(28)41-7-2)42(39,40)25-15-12-21(3)13-16-25/h8-18,22-23H,6-7,19-20H2,1-5H3,(H,34,38)/t22-,23+/m1/s1. The van der Waals surface area contributed by atoms with Gasteiger partial charge in [-0.05, 0) is 76.1 Å². The molecule has 0 aromatic heterocycles. The number of para-hydroxylation sites is 2. The molecule has 2 atom stereocenters. The first-order chi connectivity index (χ1) is 19.9. The lowest BCUT2D eigenvalue weighted by Gasteiger charge is -2.33. The summed E-state index contributed by atoms with van der Waals surface area (Å²) < 4.78 is 34.9. The zero-order valence-corrected chi connectivity index (χ0v) is 26.8. The number of rotatable bonds is 13. The monoisotopic (exact) mass is 633 g/mol. The fourth-order valence-electron chi connectivity index (χ4n) is 4.17. The van der Waals surface area contributed by atoms with Crippen LogP contribution in [0.1, 0.15) is 45.2 Å². The maximum Gasteiger partial charge on any atom is 0.264 e. The smallest absolute Gasteiger partial charge is 0.264 e. The lowest BCUT2D eigenvalue weighted by Crippen LogP contribution is -2.52. The molecule has 8 nitrogen and oxygen atoms in total. The summed E-state index contributed by atoms with van der Waals surface area (Å²) in [5.74, 6) is -0.641. The van der Waals surface area contributed by atoms with Crippen LogP contribution in [0.2, 0.25) is 10.0 Å². The molecule has 3 aromatic carbocycles. The number of ether oxygens (including phenoxy) is 1. The number of amides is 2. The number of nitrogens with one attached hydrogen (secondary N) is 1. The molecule has 0 unspecified atom stereocenters. The molecule has 0 saturated carbocycles. The number of anilines is 1. The highest BCUT2D eigenvalue weighted by molar-refractivity contribution is 7.92. The van der Waals surface area contributed by atoms with Crippen molar-refractivity contribution in [3.05, 3.63) is 87.9 Å². The van der Waals surface area contributed by atoms with Gasteiger partial charge in [-0.1, -0.05) is 66.0 Å². The predicted octanol–water partition coefficient (Wildman–Crippen LogP) is 6.23. The van der Waals surface area contributed by atoms with Gasteiger partial charge < -0.3 is 15.0 Å². The molecule has 226 valence electrons. The minimum atomic E-state index is -4.23. The van der Waals surface area contributed by atoms with E-state index >= 15 is 0 Å². The summed E-state index contributed by atoms with van der Waals surface area (Å²) in [6.45, 7) is 8.78. The van der Waals surface area contributed by atoms with Crippen LogP contribution in [0.3, 0.4) is 0 Å². The molecule has 0 bridgehead atoms. The van der Waals surface area contributed by atoms with Crippen molar-refractivity contribution in [2.45, 2.75) is 64.6 Å². The number of hydrogen-bond donors (Lipinski definition) is 1. The van der Waals surface area contributed by atoms with E-state index < -0.39 is 28.5 Å². The number of hydrogen-bond acceptors (Lipinski definition) is 5. The number of nitrogens with zero attached hydrogens (tertiary/aromatic N) is 2. The summed E-state index contributed by atoms with van der Waals surface area (Å²) in [5.41, 5.74) is 1.73. The molecule has 0 heterocycles. The van der Waals surface area contributed by atoms with Crippen LogP contribution in [-0.4, -0.2) is 50.4 Å². The third-order valence-corrected chi connectivity index (χ3v) is 9.34. The quantitative estimate of drug-likeness (QED) is 0.241. The van der Waals surface area contributed by atoms with E-state index in [2.05, 4.69) is 5.32 Å². The predicted molar refractivity (Wildman–Crippen MR) is 168 cm³/mol. The largest absolute Gasteiger partial charge is 0.492 e. The zero-order valence-electron chi connectivity index (χ0n) is 24.4. The van der Waals surface area contributed by atoms with Gasteiger partial charge in [-0.25, -0.2) is 8.42 Å². The average Bonchev–Trinajstić information content (AvgIpc) is 2.96. The molecule has 0 aliphatic carbocycles. The lowest BCUT2D eigenvalue weighted by atomic mass is 10.1. The van der Waals surface area contributed by atoms with E-state index in [9.17, 15) is 18.0 Å². The van der Waals surface area contributed by atoms with E-state index in [4.69, 9.17) is 27.9 Å². The second-order valence-corrected chi connectivity index (χ2v) is 12.7. The Morgan fingerprint density at radius 2 is 1.62 bits per heavy atom. The Balaban J connectivity index is 2.09. The molecule has 1 N–H and O–H groups in total.